The molecule has 2 atom stereocenters. The molecule has 0 aromatic carbocycles. The molecular weight excluding hydrogens is 362 g/mol. The number of methoxy groups -OCH3 is 1. The van der Waals surface area contributed by atoms with Crippen molar-refractivity contribution in [3.8, 4) is 0 Å². The number of carbonyl (C=O) groups excluding carboxylic acids is 2. The summed E-state index contributed by atoms with van der Waals surface area (Å²) in [5, 5.41) is 5.35. The van der Waals surface area contributed by atoms with Gasteiger partial charge >= 0.3 is 0 Å². The van der Waals surface area contributed by atoms with Crippen molar-refractivity contribution in [2.24, 2.45) is 27.9 Å². The van der Waals surface area contributed by atoms with E-state index in [1.54, 1.807) is 0 Å². The third-order valence-corrected chi connectivity index (χ3v) is 4.20. The molecule has 10 nitrogen and oxygen atoms in total. The second-order valence-electron chi connectivity index (χ2n) is 6.78. The molecule has 10 heteroatoms. The number of rotatable bonds is 17. The molecule has 0 aromatic rings. The van der Waals surface area contributed by atoms with Crippen molar-refractivity contribution >= 4 is 17.8 Å². The molecule has 0 aliphatic rings. The molecule has 0 saturated carbocycles. The van der Waals surface area contributed by atoms with Crippen LogP contribution in [0.4, 0.5) is 0 Å². The maximum Gasteiger partial charge on any atom is 0.270 e. The lowest BCUT2D eigenvalue weighted by Gasteiger charge is -2.17. The van der Waals surface area contributed by atoms with E-state index in [2.05, 4.69) is 15.6 Å². The van der Waals surface area contributed by atoms with Crippen LogP contribution in [0.3, 0.4) is 0 Å². The van der Waals surface area contributed by atoms with Crippen molar-refractivity contribution in [1.29, 1.82) is 0 Å². The van der Waals surface area contributed by atoms with Crippen LogP contribution in [0, 0.1) is 0 Å². The monoisotopic (exact) mass is 401 g/mol. The summed E-state index contributed by atoms with van der Waals surface area (Å²) >= 11 is 0. The summed E-state index contributed by atoms with van der Waals surface area (Å²) in [5.41, 5.74) is 21.9. The van der Waals surface area contributed by atoms with E-state index in [4.69, 9.17) is 27.7 Å². The first-order valence-electron chi connectivity index (χ1n) is 10.0. The van der Waals surface area contributed by atoms with Gasteiger partial charge < -0.3 is 38.3 Å². The number of nitrogens with zero attached hydrogens (tertiary/aromatic N) is 1. The zero-order valence-corrected chi connectivity index (χ0v) is 17.1. The third kappa shape index (κ3) is 15.2. The summed E-state index contributed by atoms with van der Waals surface area (Å²) in [5.74, 6) is -0.476. The Morgan fingerprint density at radius 1 is 1.04 bits per heavy atom. The van der Waals surface area contributed by atoms with Crippen LogP contribution in [-0.4, -0.2) is 56.8 Å². The molecule has 0 aliphatic carbocycles. The number of nitrogens with one attached hydrogen (secondary N) is 2. The fraction of sp³-hybridized carbons (Fsp3) is 0.833. The minimum atomic E-state index is -0.986. The standard InChI is InChI=1S/C18H39N7O3/c1-28-17(16(27)23-13-7-9-14(20)8-6-11-19)25-15(26)10-4-2-3-5-12-24-18(21)22/h14,17H,2-13,19-20H2,1H3,(H,23,27)(H,25,26)(H4,21,22,24). The van der Waals surface area contributed by atoms with E-state index in [0.29, 0.717) is 26.1 Å². The summed E-state index contributed by atoms with van der Waals surface area (Å²) in [4.78, 5) is 28.0. The predicted molar refractivity (Wildman–Crippen MR) is 111 cm³/mol. The van der Waals surface area contributed by atoms with Crippen LogP contribution in [0.2, 0.25) is 0 Å². The van der Waals surface area contributed by atoms with Crippen molar-refractivity contribution < 1.29 is 14.3 Å². The topological polar surface area (TPSA) is 184 Å². The number of nitrogens with two attached hydrogens (primary N) is 4. The quantitative estimate of drug-likeness (QED) is 0.0802. The molecule has 0 saturated heterocycles. The summed E-state index contributed by atoms with van der Waals surface area (Å²) in [6.07, 6.45) is 6.15. The fourth-order valence-corrected chi connectivity index (χ4v) is 2.60. The molecule has 28 heavy (non-hydrogen) atoms. The number of aliphatic imine (C=N–C) groups is 1. The number of unbranched alkanes of at least 4 members (excludes halogenated alkanes) is 3. The molecule has 0 heterocycles. The molecule has 0 spiro atoms. The van der Waals surface area contributed by atoms with Crippen LogP contribution in [0.1, 0.15) is 57.8 Å². The number of amides is 2. The molecule has 0 radical (unpaired) electrons. The maximum atomic E-state index is 12.1. The largest absolute Gasteiger partial charge is 0.370 e. The molecule has 2 unspecified atom stereocenters. The van der Waals surface area contributed by atoms with Crippen LogP contribution in [0.25, 0.3) is 0 Å². The number of carbonyl (C=O) groups is 2. The Labute approximate surface area is 168 Å². The molecular formula is C18H39N7O3. The normalized spacial score (nSPS) is 12.8. The summed E-state index contributed by atoms with van der Waals surface area (Å²) in [6.45, 7) is 1.72. The lowest BCUT2D eigenvalue weighted by Crippen LogP contribution is -2.48. The van der Waals surface area contributed by atoms with E-state index < -0.39 is 6.23 Å². The number of guanidine groups is 1. The molecule has 10 N–H and O–H groups in total. The Bertz CT molecular complexity index is 456. The van der Waals surface area contributed by atoms with E-state index in [1.807, 2.05) is 0 Å². The van der Waals surface area contributed by atoms with Crippen LogP contribution in [-0.2, 0) is 14.3 Å². The van der Waals surface area contributed by atoms with Gasteiger partial charge in [-0.15, -0.1) is 0 Å². The van der Waals surface area contributed by atoms with Gasteiger partial charge in [0.1, 0.15) is 0 Å². The minimum absolute atomic E-state index is 0.0951. The van der Waals surface area contributed by atoms with Gasteiger partial charge in [0.25, 0.3) is 5.91 Å². The van der Waals surface area contributed by atoms with Crippen LogP contribution in [0.15, 0.2) is 4.99 Å². The lowest BCUT2D eigenvalue weighted by atomic mass is 10.1. The van der Waals surface area contributed by atoms with Gasteiger partial charge in [0.05, 0.1) is 0 Å². The maximum absolute atomic E-state index is 12.1. The van der Waals surface area contributed by atoms with Gasteiger partial charge in [-0.25, -0.2) is 0 Å². The van der Waals surface area contributed by atoms with Gasteiger partial charge in [-0.05, 0) is 45.1 Å². The zero-order valence-electron chi connectivity index (χ0n) is 17.1. The van der Waals surface area contributed by atoms with Crippen molar-refractivity contribution in [2.75, 3.05) is 26.7 Å². The highest BCUT2D eigenvalue weighted by atomic mass is 16.5. The third-order valence-electron chi connectivity index (χ3n) is 4.20. The Balaban J connectivity index is 3.87. The number of hydrogen-bond acceptors (Lipinski definition) is 6. The smallest absolute Gasteiger partial charge is 0.270 e. The molecule has 0 rings (SSSR count). The highest BCUT2D eigenvalue weighted by Crippen LogP contribution is 2.04. The average Bonchev–Trinajstić information content (AvgIpc) is 2.66. The highest BCUT2D eigenvalue weighted by molar-refractivity contribution is 5.86. The van der Waals surface area contributed by atoms with Crippen molar-refractivity contribution in [1.82, 2.24) is 10.6 Å². The van der Waals surface area contributed by atoms with Gasteiger partial charge in [0, 0.05) is 32.7 Å². The van der Waals surface area contributed by atoms with Crippen molar-refractivity contribution in [3.63, 3.8) is 0 Å². The average molecular weight is 402 g/mol. The molecule has 0 fully saturated rings. The first-order chi connectivity index (χ1) is 13.4. The van der Waals surface area contributed by atoms with E-state index in [0.717, 1.165) is 51.4 Å². The van der Waals surface area contributed by atoms with Gasteiger partial charge in [-0.1, -0.05) is 12.8 Å². The molecule has 0 bridgehead atoms. The Hall–Kier alpha value is -1.91. The summed E-state index contributed by atoms with van der Waals surface area (Å²) in [7, 11) is 1.39. The Morgan fingerprint density at radius 2 is 1.71 bits per heavy atom. The number of ether oxygens (including phenoxy) is 1. The summed E-state index contributed by atoms with van der Waals surface area (Å²) < 4.78 is 5.07. The molecule has 2 amide bonds. The predicted octanol–water partition coefficient (Wildman–Crippen LogP) is -0.738. The van der Waals surface area contributed by atoms with E-state index in [9.17, 15) is 9.59 Å². The van der Waals surface area contributed by atoms with Gasteiger partial charge in [-0.3, -0.25) is 14.6 Å². The fourth-order valence-electron chi connectivity index (χ4n) is 2.60. The Kier molecular flexibility index (Phi) is 16.0. The minimum Gasteiger partial charge on any atom is -0.370 e. The van der Waals surface area contributed by atoms with Crippen molar-refractivity contribution in [3.05, 3.63) is 0 Å². The van der Waals surface area contributed by atoms with E-state index >= 15 is 0 Å². The van der Waals surface area contributed by atoms with Crippen molar-refractivity contribution in [2.45, 2.75) is 70.1 Å². The molecule has 0 aromatic heterocycles. The van der Waals surface area contributed by atoms with E-state index in [1.165, 1.54) is 7.11 Å². The van der Waals surface area contributed by atoms with Crippen LogP contribution >= 0.6 is 0 Å². The molecule has 0 aliphatic heterocycles. The van der Waals surface area contributed by atoms with Crippen LogP contribution in [0.5, 0.6) is 0 Å². The molecule has 164 valence electrons. The number of hydrogen-bond donors (Lipinski definition) is 6. The van der Waals surface area contributed by atoms with Gasteiger partial charge in [0.2, 0.25) is 12.1 Å². The van der Waals surface area contributed by atoms with Gasteiger partial charge in [0.15, 0.2) is 5.96 Å². The lowest BCUT2D eigenvalue weighted by molar-refractivity contribution is -0.139. The first kappa shape index (κ1) is 26.1. The summed E-state index contributed by atoms with van der Waals surface area (Å²) in [6, 6.07) is 0.0952. The highest BCUT2D eigenvalue weighted by Gasteiger charge is 2.19. The zero-order chi connectivity index (χ0) is 21.2. The van der Waals surface area contributed by atoms with Gasteiger partial charge in [-0.2, -0.15) is 0 Å². The second-order valence-corrected chi connectivity index (χ2v) is 6.78. The first-order valence-corrected chi connectivity index (χ1v) is 10.0. The van der Waals surface area contributed by atoms with E-state index in [-0.39, 0.29) is 23.8 Å². The second kappa shape index (κ2) is 17.2. The Morgan fingerprint density at radius 3 is 2.36 bits per heavy atom. The SMILES string of the molecule is COC(NC(=O)CCCCCCN=C(N)N)C(=O)NCCCC(N)CCCN. The van der Waals surface area contributed by atoms with Crippen LogP contribution < -0.4 is 33.6 Å².